The van der Waals surface area contributed by atoms with Crippen LogP contribution in [0.2, 0.25) is 0 Å². The monoisotopic (exact) mass is 446 g/mol. The van der Waals surface area contributed by atoms with Gasteiger partial charge in [0, 0.05) is 24.5 Å². The number of nitrogens with one attached hydrogen (secondary N) is 2. The van der Waals surface area contributed by atoms with Crippen LogP contribution >= 0.6 is 11.3 Å². The standard InChI is InChI=1S/C22H21F3N4OS/c1-12-17-9-14(4-7-18(17)29-20(12)30)19-11-28-21(31-19)27-10-16(26)8-13-2-5-15(6-3-13)22(23,24)25/h2-7,9,11-12,16H,8,10,26H2,1H3,(H,27,28)(H,29,30)/t12?,16-/m0/s1. The molecular formula is C22H21F3N4OS. The smallest absolute Gasteiger partial charge is 0.360 e. The molecule has 2 heterocycles. The summed E-state index contributed by atoms with van der Waals surface area (Å²) >= 11 is 1.48. The number of hydrogen-bond donors (Lipinski definition) is 3. The Kier molecular flexibility index (Phi) is 5.72. The fourth-order valence-corrected chi connectivity index (χ4v) is 4.30. The Morgan fingerprint density at radius 1 is 1.23 bits per heavy atom. The van der Waals surface area contributed by atoms with Gasteiger partial charge in [-0.15, -0.1) is 0 Å². The first-order valence-corrected chi connectivity index (χ1v) is 10.6. The molecule has 9 heteroatoms. The molecule has 1 aliphatic heterocycles. The van der Waals surface area contributed by atoms with Crippen LogP contribution in [0.25, 0.3) is 10.4 Å². The van der Waals surface area contributed by atoms with E-state index in [1.165, 1.54) is 23.5 Å². The molecule has 4 N–H and O–H groups in total. The van der Waals surface area contributed by atoms with Crippen molar-refractivity contribution in [2.75, 3.05) is 17.2 Å². The first kappa shape index (κ1) is 21.3. The number of benzene rings is 2. The summed E-state index contributed by atoms with van der Waals surface area (Å²) in [6.07, 6.45) is -2.12. The summed E-state index contributed by atoms with van der Waals surface area (Å²) in [5.74, 6) is -0.176. The lowest BCUT2D eigenvalue weighted by Crippen LogP contribution is -2.31. The maximum atomic E-state index is 12.7. The number of carbonyl (C=O) groups is 1. The Balaban J connectivity index is 1.35. The van der Waals surface area contributed by atoms with E-state index in [4.69, 9.17) is 5.73 Å². The Labute approximate surface area is 181 Å². The fourth-order valence-electron chi connectivity index (χ4n) is 3.48. The number of anilines is 2. The van der Waals surface area contributed by atoms with Gasteiger partial charge in [0.05, 0.1) is 16.4 Å². The van der Waals surface area contributed by atoms with E-state index < -0.39 is 11.7 Å². The lowest BCUT2D eigenvalue weighted by atomic mass is 10.0. The quantitative estimate of drug-likeness (QED) is 0.505. The van der Waals surface area contributed by atoms with Gasteiger partial charge in [0.15, 0.2) is 5.13 Å². The van der Waals surface area contributed by atoms with Crippen molar-refractivity contribution in [3.8, 4) is 10.4 Å². The van der Waals surface area contributed by atoms with Crippen LogP contribution in [0.1, 0.15) is 29.5 Å². The van der Waals surface area contributed by atoms with Crippen molar-refractivity contribution in [2.45, 2.75) is 31.5 Å². The number of fused-ring (bicyclic) bond motifs is 1. The maximum Gasteiger partial charge on any atom is 0.416 e. The van der Waals surface area contributed by atoms with Crippen molar-refractivity contribution in [1.29, 1.82) is 0 Å². The Bertz CT molecular complexity index is 1090. The minimum Gasteiger partial charge on any atom is -0.360 e. The third kappa shape index (κ3) is 4.72. The minimum absolute atomic E-state index is 0.000781. The predicted molar refractivity (Wildman–Crippen MR) is 116 cm³/mol. The predicted octanol–water partition coefficient (Wildman–Crippen LogP) is 4.87. The first-order valence-electron chi connectivity index (χ1n) is 9.77. The van der Waals surface area contributed by atoms with Gasteiger partial charge in [0.1, 0.15) is 0 Å². The summed E-state index contributed by atoms with van der Waals surface area (Å²) in [5, 5.41) is 6.76. The summed E-state index contributed by atoms with van der Waals surface area (Å²) < 4.78 is 38.0. The summed E-state index contributed by atoms with van der Waals surface area (Å²) in [5.41, 5.74) is 9.03. The average Bonchev–Trinajstić information content (AvgIpc) is 3.31. The molecule has 162 valence electrons. The van der Waals surface area contributed by atoms with Gasteiger partial charge >= 0.3 is 6.18 Å². The van der Waals surface area contributed by atoms with E-state index in [1.807, 2.05) is 25.1 Å². The molecule has 1 amide bonds. The third-order valence-corrected chi connectivity index (χ3v) is 6.26. The van der Waals surface area contributed by atoms with Gasteiger partial charge in [-0.1, -0.05) is 29.5 Å². The van der Waals surface area contributed by atoms with Crippen LogP contribution in [0, 0.1) is 0 Å². The molecule has 5 nitrogen and oxygen atoms in total. The third-order valence-electron chi connectivity index (χ3n) is 5.25. The van der Waals surface area contributed by atoms with Crippen molar-refractivity contribution in [3.05, 3.63) is 65.4 Å². The van der Waals surface area contributed by atoms with Crippen molar-refractivity contribution >= 4 is 28.1 Å². The molecule has 1 aliphatic rings. The van der Waals surface area contributed by atoms with Crippen molar-refractivity contribution in [3.63, 3.8) is 0 Å². The molecule has 0 radical (unpaired) electrons. The van der Waals surface area contributed by atoms with Crippen LogP contribution in [0.15, 0.2) is 48.7 Å². The van der Waals surface area contributed by atoms with E-state index in [1.54, 1.807) is 6.20 Å². The highest BCUT2D eigenvalue weighted by molar-refractivity contribution is 7.18. The Morgan fingerprint density at radius 3 is 2.68 bits per heavy atom. The van der Waals surface area contributed by atoms with Gasteiger partial charge in [0.25, 0.3) is 0 Å². The SMILES string of the molecule is CC1C(=O)Nc2ccc(-c3cnc(NC[C@@H](N)Cc4ccc(C(F)(F)F)cc4)s3)cc21. The summed E-state index contributed by atoms with van der Waals surface area (Å²) in [6, 6.07) is 10.6. The molecule has 2 aromatic carbocycles. The van der Waals surface area contributed by atoms with E-state index in [0.717, 1.165) is 39.4 Å². The number of amides is 1. The number of alkyl halides is 3. The number of carbonyl (C=O) groups excluding carboxylic acids is 1. The average molecular weight is 446 g/mol. The Hall–Kier alpha value is -2.91. The summed E-state index contributed by atoms with van der Waals surface area (Å²) in [6.45, 7) is 2.32. The number of rotatable bonds is 6. The van der Waals surface area contributed by atoms with Gasteiger partial charge in [-0.25, -0.2) is 4.98 Å². The van der Waals surface area contributed by atoms with E-state index in [0.29, 0.717) is 18.1 Å². The number of nitrogens with zero attached hydrogens (tertiary/aromatic N) is 1. The number of halogens is 3. The van der Waals surface area contributed by atoms with Crippen LogP contribution in [-0.2, 0) is 17.4 Å². The van der Waals surface area contributed by atoms with E-state index >= 15 is 0 Å². The number of aromatic nitrogens is 1. The fraction of sp³-hybridized carbons (Fsp3) is 0.273. The molecule has 0 bridgehead atoms. The molecule has 0 spiro atoms. The lowest BCUT2D eigenvalue weighted by molar-refractivity contribution is -0.137. The van der Waals surface area contributed by atoms with Gasteiger partial charge in [-0.3, -0.25) is 4.79 Å². The maximum absolute atomic E-state index is 12.7. The topological polar surface area (TPSA) is 80.0 Å². The van der Waals surface area contributed by atoms with Gasteiger partial charge in [-0.05, 0) is 54.3 Å². The Morgan fingerprint density at radius 2 is 1.97 bits per heavy atom. The molecule has 0 fully saturated rings. The summed E-state index contributed by atoms with van der Waals surface area (Å²) in [4.78, 5) is 17.2. The van der Waals surface area contributed by atoms with E-state index in [9.17, 15) is 18.0 Å². The molecule has 1 unspecified atom stereocenters. The number of nitrogens with two attached hydrogens (primary N) is 1. The zero-order chi connectivity index (χ0) is 22.2. The highest BCUT2D eigenvalue weighted by atomic mass is 32.1. The second-order valence-corrected chi connectivity index (χ2v) is 8.61. The second-order valence-electron chi connectivity index (χ2n) is 7.58. The largest absolute Gasteiger partial charge is 0.416 e. The molecule has 0 saturated carbocycles. The zero-order valence-corrected chi connectivity index (χ0v) is 17.5. The van der Waals surface area contributed by atoms with Crippen LogP contribution in [0.4, 0.5) is 24.0 Å². The van der Waals surface area contributed by atoms with Crippen LogP contribution in [-0.4, -0.2) is 23.5 Å². The molecule has 1 aromatic heterocycles. The zero-order valence-electron chi connectivity index (χ0n) is 16.7. The molecule has 0 saturated heterocycles. The molecule has 4 rings (SSSR count). The normalized spacial score (nSPS) is 16.7. The second kappa shape index (κ2) is 8.32. The van der Waals surface area contributed by atoms with Gasteiger partial charge in [-0.2, -0.15) is 13.2 Å². The number of thiazole rings is 1. The van der Waals surface area contributed by atoms with E-state index in [2.05, 4.69) is 15.6 Å². The summed E-state index contributed by atoms with van der Waals surface area (Å²) in [7, 11) is 0. The molecule has 3 aromatic rings. The molecule has 0 aliphatic carbocycles. The van der Waals surface area contributed by atoms with Crippen LogP contribution in [0.3, 0.4) is 0 Å². The highest BCUT2D eigenvalue weighted by Gasteiger charge is 2.30. The molecule has 2 atom stereocenters. The highest BCUT2D eigenvalue weighted by Crippen LogP contribution is 2.37. The van der Waals surface area contributed by atoms with Gasteiger partial charge in [0.2, 0.25) is 5.91 Å². The van der Waals surface area contributed by atoms with E-state index in [-0.39, 0.29) is 17.9 Å². The van der Waals surface area contributed by atoms with Crippen LogP contribution in [0.5, 0.6) is 0 Å². The lowest BCUT2D eigenvalue weighted by Gasteiger charge is -2.13. The number of hydrogen-bond acceptors (Lipinski definition) is 5. The van der Waals surface area contributed by atoms with Crippen LogP contribution < -0.4 is 16.4 Å². The van der Waals surface area contributed by atoms with Crippen molar-refractivity contribution in [1.82, 2.24) is 4.98 Å². The van der Waals surface area contributed by atoms with Crippen molar-refractivity contribution < 1.29 is 18.0 Å². The van der Waals surface area contributed by atoms with Gasteiger partial charge < -0.3 is 16.4 Å². The molecule has 31 heavy (non-hydrogen) atoms. The molecular weight excluding hydrogens is 425 g/mol. The van der Waals surface area contributed by atoms with Crippen molar-refractivity contribution in [2.24, 2.45) is 5.73 Å². The minimum atomic E-state index is -4.34. The first-order chi connectivity index (χ1) is 14.7.